The second-order valence-electron chi connectivity index (χ2n) is 9.91. The first-order chi connectivity index (χ1) is 19.1. The average Bonchev–Trinajstić information content (AvgIpc) is 3.60. The van der Waals surface area contributed by atoms with E-state index in [1.807, 2.05) is 59.3 Å². The van der Waals surface area contributed by atoms with Gasteiger partial charge in [-0.15, -0.1) is 5.10 Å². The Morgan fingerprint density at radius 1 is 0.974 bits per heavy atom. The van der Waals surface area contributed by atoms with Gasteiger partial charge in [-0.2, -0.15) is 0 Å². The first-order valence-corrected chi connectivity index (χ1v) is 13.1. The SMILES string of the molecule is CCC(c1nnnn1Cc1ccccc1)N(Cc1ccc2c(c1)OCO2)Cc1cc2cc(C)ccc2[nH]c1=O. The lowest BCUT2D eigenvalue weighted by atomic mass is 10.1. The lowest BCUT2D eigenvalue weighted by Crippen LogP contribution is -2.32. The minimum absolute atomic E-state index is 0.0965. The number of aromatic amines is 1. The van der Waals surface area contributed by atoms with Crippen LogP contribution in [0.2, 0.25) is 0 Å². The van der Waals surface area contributed by atoms with E-state index in [9.17, 15) is 4.79 Å². The van der Waals surface area contributed by atoms with Crippen LogP contribution < -0.4 is 15.0 Å². The summed E-state index contributed by atoms with van der Waals surface area (Å²) in [6, 6.07) is 24.0. The molecule has 0 saturated carbocycles. The van der Waals surface area contributed by atoms with Crippen LogP contribution >= 0.6 is 0 Å². The van der Waals surface area contributed by atoms with Gasteiger partial charge < -0.3 is 14.5 Å². The fraction of sp³-hybridized carbons (Fsp3) is 0.267. The van der Waals surface area contributed by atoms with E-state index >= 15 is 0 Å². The van der Waals surface area contributed by atoms with Gasteiger partial charge >= 0.3 is 0 Å². The van der Waals surface area contributed by atoms with E-state index in [4.69, 9.17) is 9.47 Å². The molecule has 5 aromatic rings. The summed E-state index contributed by atoms with van der Waals surface area (Å²) in [5.41, 5.74) is 4.73. The lowest BCUT2D eigenvalue weighted by molar-refractivity contribution is 0.161. The monoisotopic (exact) mass is 522 g/mol. The van der Waals surface area contributed by atoms with Crippen LogP contribution in [0.4, 0.5) is 0 Å². The summed E-state index contributed by atoms with van der Waals surface area (Å²) in [5, 5.41) is 13.8. The third-order valence-electron chi connectivity index (χ3n) is 7.13. The van der Waals surface area contributed by atoms with Crippen molar-refractivity contribution in [3.05, 3.63) is 111 Å². The van der Waals surface area contributed by atoms with Crippen LogP contribution in [-0.2, 0) is 19.6 Å². The van der Waals surface area contributed by atoms with Crippen molar-refractivity contribution in [2.24, 2.45) is 0 Å². The number of aromatic nitrogens is 5. The lowest BCUT2D eigenvalue weighted by Gasteiger charge is -2.30. The van der Waals surface area contributed by atoms with Gasteiger partial charge in [0.15, 0.2) is 17.3 Å². The molecule has 39 heavy (non-hydrogen) atoms. The smallest absolute Gasteiger partial charge is 0.252 e. The van der Waals surface area contributed by atoms with Crippen LogP contribution in [-0.4, -0.2) is 36.9 Å². The normalized spacial score (nSPS) is 13.3. The second kappa shape index (κ2) is 10.7. The van der Waals surface area contributed by atoms with Gasteiger partial charge in [0.25, 0.3) is 5.56 Å². The number of aryl methyl sites for hydroxylation is 1. The number of nitrogens with zero attached hydrogens (tertiary/aromatic N) is 5. The molecule has 1 unspecified atom stereocenters. The number of H-pyrrole nitrogens is 1. The molecule has 3 heterocycles. The van der Waals surface area contributed by atoms with Crippen molar-refractivity contribution < 1.29 is 9.47 Å². The summed E-state index contributed by atoms with van der Waals surface area (Å²) in [5.74, 6) is 2.23. The van der Waals surface area contributed by atoms with E-state index in [0.29, 0.717) is 25.2 Å². The standard InChI is InChI=1S/C30H30N6O3/c1-3-26(29-32-33-34-36(29)17-21-7-5-4-6-8-21)35(16-22-10-12-27-28(14-22)39-19-38-27)18-24-15-23-13-20(2)9-11-25(23)31-30(24)37/h4-15,26H,3,16-19H2,1-2H3,(H,31,37). The van der Waals surface area contributed by atoms with Crippen molar-refractivity contribution >= 4 is 10.9 Å². The van der Waals surface area contributed by atoms with Crippen molar-refractivity contribution in [2.45, 2.75) is 45.9 Å². The molecule has 0 fully saturated rings. The van der Waals surface area contributed by atoms with Crippen LogP contribution in [0.5, 0.6) is 11.5 Å². The molecule has 198 valence electrons. The highest BCUT2D eigenvalue weighted by Crippen LogP contribution is 2.34. The van der Waals surface area contributed by atoms with Crippen molar-refractivity contribution in [2.75, 3.05) is 6.79 Å². The van der Waals surface area contributed by atoms with Crippen LogP contribution in [0, 0.1) is 6.92 Å². The summed E-state index contributed by atoms with van der Waals surface area (Å²) in [6.45, 7) is 5.94. The third-order valence-corrected chi connectivity index (χ3v) is 7.13. The van der Waals surface area contributed by atoms with Crippen LogP contribution in [0.3, 0.4) is 0 Å². The molecular formula is C30H30N6O3. The largest absolute Gasteiger partial charge is 0.454 e. The van der Waals surface area contributed by atoms with Gasteiger partial charge in [0.1, 0.15) is 0 Å². The summed E-state index contributed by atoms with van der Waals surface area (Å²) in [7, 11) is 0. The number of ether oxygens (including phenoxy) is 2. The summed E-state index contributed by atoms with van der Waals surface area (Å²) >= 11 is 0. The van der Waals surface area contributed by atoms with Crippen LogP contribution in [0.25, 0.3) is 10.9 Å². The summed E-state index contributed by atoms with van der Waals surface area (Å²) < 4.78 is 13.0. The first kappa shape index (κ1) is 24.8. The zero-order valence-corrected chi connectivity index (χ0v) is 22.0. The third kappa shape index (κ3) is 5.26. The van der Waals surface area contributed by atoms with Gasteiger partial charge in [0.2, 0.25) is 6.79 Å². The fourth-order valence-corrected chi connectivity index (χ4v) is 5.18. The Morgan fingerprint density at radius 3 is 2.67 bits per heavy atom. The van der Waals surface area contributed by atoms with Gasteiger partial charge in [-0.3, -0.25) is 9.69 Å². The van der Waals surface area contributed by atoms with E-state index in [2.05, 4.69) is 57.5 Å². The molecule has 9 heteroatoms. The van der Waals surface area contributed by atoms with E-state index in [1.165, 1.54) is 0 Å². The molecule has 1 aliphatic heterocycles. The number of pyridine rings is 1. The second-order valence-corrected chi connectivity index (χ2v) is 9.91. The van der Waals surface area contributed by atoms with Gasteiger partial charge in [-0.1, -0.05) is 55.0 Å². The zero-order valence-electron chi connectivity index (χ0n) is 22.0. The molecule has 0 amide bonds. The molecule has 2 aromatic heterocycles. The highest BCUT2D eigenvalue weighted by molar-refractivity contribution is 5.79. The van der Waals surface area contributed by atoms with Crippen molar-refractivity contribution in [1.29, 1.82) is 0 Å². The van der Waals surface area contributed by atoms with Gasteiger partial charge in [-0.05, 0) is 70.6 Å². The maximum atomic E-state index is 13.2. The van der Waals surface area contributed by atoms with Crippen molar-refractivity contribution in [3.63, 3.8) is 0 Å². The minimum Gasteiger partial charge on any atom is -0.454 e. The Kier molecular flexibility index (Phi) is 6.81. The summed E-state index contributed by atoms with van der Waals surface area (Å²) in [4.78, 5) is 18.5. The minimum atomic E-state index is -0.137. The van der Waals surface area contributed by atoms with E-state index in [-0.39, 0.29) is 18.4 Å². The van der Waals surface area contributed by atoms with Gasteiger partial charge in [0.05, 0.1) is 12.6 Å². The van der Waals surface area contributed by atoms with Crippen molar-refractivity contribution in [3.8, 4) is 11.5 Å². The Hall–Kier alpha value is -4.50. The molecule has 6 rings (SSSR count). The van der Waals surface area contributed by atoms with Crippen LogP contribution in [0.15, 0.2) is 77.6 Å². The molecule has 1 atom stereocenters. The molecule has 0 spiro atoms. The molecule has 0 bridgehead atoms. The maximum absolute atomic E-state index is 13.2. The molecule has 1 aliphatic rings. The van der Waals surface area contributed by atoms with Crippen LogP contribution in [0.1, 0.15) is 47.5 Å². The van der Waals surface area contributed by atoms with Gasteiger partial charge in [-0.25, -0.2) is 4.68 Å². The molecule has 3 aromatic carbocycles. The number of benzene rings is 3. The molecule has 0 radical (unpaired) electrons. The zero-order chi connectivity index (χ0) is 26.8. The number of fused-ring (bicyclic) bond motifs is 2. The molecule has 0 aliphatic carbocycles. The average molecular weight is 523 g/mol. The van der Waals surface area contributed by atoms with E-state index in [1.54, 1.807) is 0 Å². The Morgan fingerprint density at radius 2 is 1.82 bits per heavy atom. The highest BCUT2D eigenvalue weighted by Gasteiger charge is 2.27. The van der Waals surface area contributed by atoms with Crippen molar-refractivity contribution in [1.82, 2.24) is 30.1 Å². The maximum Gasteiger partial charge on any atom is 0.252 e. The number of hydrogen-bond donors (Lipinski definition) is 1. The van der Waals surface area contributed by atoms with E-state index < -0.39 is 0 Å². The molecule has 1 N–H and O–H groups in total. The molecule has 0 saturated heterocycles. The Labute approximate surface area is 226 Å². The molecular weight excluding hydrogens is 492 g/mol. The predicted octanol–water partition coefficient (Wildman–Crippen LogP) is 4.75. The fourth-order valence-electron chi connectivity index (χ4n) is 5.18. The first-order valence-electron chi connectivity index (χ1n) is 13.1. The highest BCUT2D eigenvalue weighted by atomic mass is 16.7. The molecule has 9 nitrogen and oxygen atoms in total. The summed E-state index contributed by atoms with van der Waals surface area (Å²) in [6.07, 6.45) is 0.754. The number of tetrazole rings is 1. The van der Waals surface area contributed by atoms with Gasteiger partial charge in [0, 0.05) is 24.2 Å². The van der Waals surface area contributed by atoms with E-state index in [0.717, 1.165) is 51.3 Å². The quantitative estimate of drug-likeness (QED) is 0.298. The number of hydrogen-bond acceptors (Lipinski definition) is 7. The Bertz CT molecular complexity index is 1660. The number of nitrogens with one attached hydrogen (secondary N) is 1. The predicted molar refractivity (Wildman–Crippen MR) is 148 cm³/mol. The number of rotatable bonds is 9. The topological polar surface area (TPSA) is 98.2 Å². The Balaban J connectivity index is 1.38.